The summed E-state index contributed by atoms with van der Waals surface area (Å²) in [6, 6.07) is 9.79. The van der Waals surface area contributed by atoms with E-state index in [1.807, 2.05) is 37.3 Å². The standard InChI is InChI=1S/C16H23NO/c1-12(15(17)13-8-4-2-5-9-13)16(18)14-10-6-3-7-11-14/h2,4-5,8-9,12,14-15H,3,6-7,10-11,17H2,1H3. The van der Waals surface area contributed by atoms with E-state index in [0.717, 1.165) is 18.4 Å². The first-order valence-electron chi connectivity index (χ1n) is 7.04. The molecule has 1 aromatic rings. The van der Waals surface area contributed by atoms with Gasteiger partial charge in [-0.2, -0.15) is 0 Å². The van der Waals surface area contributed by atoms with Gasteiger partial charge < -0.3 is 5.73 Å². The highest BCUT2D eigenvalue weighted by Gasteiger charge is 2.29. The fourth-order valence-electron chi connectivity index (χ4n) is 2.90. The molecule has 2 heteroatoms. The first kappa shape index (κ1) is 13.3. The molecule has 0 spiro atoms. The second-order valence-electron chi connectivity index (χ2n) is 5.46. The maximum atomic E-state index is 12.4. The van der Waals surface area contributed by atoms with E-state index >= 15 is 0 Å². The zero-order chi connectivity index (χ0) is 13.0. The Hall–Kier alpha value is -1.15. The van der Waals surface area contributed by atoms with Crippen LogP contribution in [-0.4, -0.2) is 5.78 Å². The number of Topliss-reactive ketones (excluding diaryl/α,β-unsaturated/α-hetero) is 1. The highest BCUT2D eigenvalue weighted by molar-refractivity contribution is 5.84. The van der Waals surface area contributed by atoms with Crippen molar-refractivity contribution in [3.63, 3.8) is 0 Å². The van der Waals surface area contributed by atoms with E-state index < -0.39 is 0 Å². The molecule has 0 aromatic heterocycles. The second-order valence-corrected chi connectivity index (χ2v) is 5.46. The number of carbonyl (C=O) groups excluding carboxylic acids is 1. The van der Waals surface area contributed by atoms with Crippen molar-refractivity contribution in [1.82, 2.24) is 0 Å². The van der Waals surface area contributed by atoms with Crippen molar-refractivity contribution in [2.75, 3.05) is 0 Å². The van der Waals surface area contributed by atoms with Crippen LogP contribution in [0.1, 0.15) is 50.6 Å². The molecule has 0 aliphatic heterocycles. The Bertz CT molecular complexity index is 381. The van der Waals surface area contributed by atoms with Gasteiger partial charge in [-0.05, 0) is 18.4 Å². The number of hydrogen-bond donors (Lipinski definition) is 1. The summed E-state index contributed by atoms with van der Waals surface area (Å²) < 4.78 is 0. The van der Waals surface area contributed by atoms with E-state index in [1.165, 1.54) is 19.3 Å². The first-order chi connectivity index (χ1) is 8.70. The van der Waals surface area contributed by atoms with Gasteiger partial charge in [0.1, 0.15) is 5.78 Å². The van der Waals surface area contributed by atoms with Crippen LogP contribution in [0.25, 0.3) is 0 Å². The second kappa shape index (κ2) is 6.14. The van der Waals surface area contributed by atoms with Crippen LogP contribution in [0.5, 0.6) is 0 Å². The number of rotatable bonds is 4. The molecule has 0 bridgehead atoms. The lowest BCUT2D eigenvalue weighted by atomic mass is 9.79. The maximum absolute atomic E-state index is 12.4. The average molecular weight is 245 g/mol. The van der Waals surface area contributed by atoms with Gasteiger partial charge in [-0.25, -0.2) is 0 Å². The molecule has 2 nitrogen and oxygen atoms in total. The molecule has 2 unspecified atom stereocenters. The van der Waals surface area contributed by atoms with Gasteiger partial charge in [0.25, 0.3) is 0 Å². The van der Waals surface area contributed by atoms with Crippen LogP contribution in [0.2, 0.25) is 0 Å². The van der Waals surface area contributed by atoms with Crippen molar-refractivity contribution in [3.8, 4) is 0 Å². The molecule has 0 radical (unpaired) electrons. The molecule has 1 saturated carbocycles. The van der Waals surface area contributed by atoms with Crippen molar-refractivity contribution in [2.24, 2.45) is 17.6 Å². The van der Waals surface area contributed by atoms with Gasteiger partial charge >= 0.3 is 0 Å². The Morgan fingerprint density at radius 3 is 2.39 bits per heavy atom. The number of benzene rings is 1. The van der Waals surface area contributed by atoms with Crippen LogP contribution in [0.3, 0.4) is 0 Å². The Morgan fingerprint density at radius 1 is 1.17 bits per heavy atom. The Labute approximate surface area is 110 Å². The molecule has 2 N–H and O–H groups in total. The summed E-state index contributed by atoms with van der Waals surface area (Å²) in [6.07, 6.45) is 5.80. The molecule has 1 aliphatic rings. The molecule has 2 rings (SSSR count). The smallest absolute Gasteiger partial charge is 0.140 e. The Balaban J connectivity index is 2.01. The lowest BCUT2D eigenvalue weighted by Gasteiger charge is -2.26. The van der Waals surface area contributed by atoms with Crippen molar-refractivity contribution >= 4 is 5.78 Å². The number of ketones is 1. The molecule has 0 amide bonds. The summed E-state index contributed by atoms with van der Waals surface area (Å²) in [5, 5.41) is 0. The van der Waals surface area contributed by atoms with E-state index in [0.29, 0.717) is 5.78 Å². The van der Waals surface area contributed by atoms with Crippen LogP contribution >= 0.6 is 0 Å². The van der Waals surface area contributed by atoms with E-state index in [4.69, 9.17) is 5.73 Å². The largest absolute Gasteiger partial charge is 0.323 e. The third-order valence-corrected chi connectivity index (χ3v) is 4.18. The van der Waals surface area contributed by atoms with E-state index in [1.54, 1.807) is 0 Å². The van der Waals surface area contributed by atoms with Gasteiger partial charge in [-0.15, -0.1) is 0 Å². The highest BCUT2D eigenvalue weighted by Crippen LogP contribution is 2.30. The fraction of sp³-hybridized carbons (Fsp3) is 0.562. The van der Waals surface area contributed by atoms with Gasteiger partial charge in [0.05, 0.1) is 0 Å². The highest BCUT2D eigenvalue weighted by atomic mass is 16.1. The molecular weight excluding hydrogens is 222 g/mol. The molecule has 18 heavy (non-hydrogen) atoms. The summed E-state index contributed by atoms with van der Waals surface area (Å²) in [7, 11) is 0. The normalized spacial score (nSPS) is 20.3. The minimum atomic E-state index is -0.166. The van der Waals surface area contributed by atoms with Gasteiger partial charge in [0, 0.05) is 17.9 Å². The number of hydrogen-bond acceptors (Lipinski definition) is 2. The molecule has 1 aliphatic carbocycles. The maximum Gasteiger partial charge on any atom is 0.140 e. The van der Waals surface area contributed by atoms with Crippen LogP contribution in [0.15, 0.2) is 30.3 Å². The van der Waals surface area contributed by atoms with Crippen LogP contribution in [0.4, 0.5) is 0 Å². The average Bonchev–Trinajstić information content (AvgIpc) is 2.47. The van der Waals surface area contributed by atoms with E-state index in [9.17, 15) is 4.79 Å². The van der Waals surface area contributed by atoms with Gasteiger partial charge in [0.2, 0.25) is 0 Å². The summed E-state index contributed by atoms with van der Waals surface area (Å²) in [5.74, 6) is 0.546. The predicted molar refractivity (Wildman–Crippen MR) is 74.1 cm³/mol. The molecule has 2 atom stereocenters. The minimum Gasteiger partial charge on any atom is -0.323 e. The van der Waals surface area contributed by atoms with Gasteiger partial charge in [0.15, 0.2) is 0 Å². The minimum absolute atomic E-state index is 0.0736. The third-order valence-electron chi connectivity index (χ3n) is 4.18. The number of carbonyl (C=O) groups is 1. The Morgan fingerprint density at radius 2 is 1.78 bits per heavy atom. The Kier molecular flexibility index (Phi) is 4.54. The molecule has 0 heterocycles. The lowest BCUT2D eigenvalue weighted by Crippen LogP contribution is -2.31. The van der Waals surface area contributed by atoms with Crippen LogP contribution in [-0.2, 0) is 4.79 Å². The SMILES string of the molecule is CC(C(=O)C1CCCCC1)C(N)c1ccccc1. The summed E-state index contributed by atoms with van der Waals surface area (Å²) in [4.78, 5) is 12.4. The monoisotopic (exact) mass is 245 g/mol. The van der Waals surface area contributed by atoms with E-state index in [2.05, 4.69) is 0 Å². The van der Waals surface area contributed by atoms with Crippen LogP contribution in [0, 0.1) is 11.8 Å². The zero-order valence-electron chi connectivity index (χ0n) is 11.1. The summed E-state index contributed by atoms with van der Waals surface area (Å²) in [6.45, 7) is 1.98. The summed E-state index contributed by atoms with van der Waals surface area (Å²) >= 11 is 0. The van der Waals surface area contributed by atoms with Gasteiger partial charge in [-0.1, -0.05) is 56.5 Å². The quantitative estimate of drug-likeness (QED) is 0.882. The molecule has 98 valence electrons. The number of nitrogens with two attached hydrogens (primary N) is 1. The lowest BCUT2D eigenvalue weighted by molar-refractivity contribution is -0.127. The van der Waals surface area contributed by atoms with Crippen molar-refractivity contribution < 1.29 is 4.79 Å². The van der Waals surface area contributed by atoms with Gasteiger partial charge in [-0.3, -0.25) is 4.79 Å². The molecule has 1 aromatic carbocycles. The van der Waals surface area contributed by atoms with Crippen molar-refractivity contribution in [3.05, 3.63) is 35.9 Å². The molecular formula is C16H23NO. The van der Waals surface area contributed by atoms with Crippen molar-refractivity contribution in [1.29, 1.82) is 0 Å². The summed E-state index contributed by atoms with van der Waals surface area (Å²) in [5.41, 5.74) is 7.29. The first-order valence-corrected chi connectivity index (χ1v) is 7.04. The van der Waals surface area contributed by atoms with E-state index in [-0.39, 0.29) is 17.9 Å². The van der Waals surface area contributed by atoms with Crippen LogP contribution < -0.4 is 5.73 Å². The third kappa shape index (κ3) is 2.99. The molecule has 1 fully saturated rings. The zero-order valence-corrected chi connectivity index (χ0v) is 11.1. The molecule has 0 saturated heterocycles. The van der Waals surface area contributed by atoms with Crippen molar-refractivity contribution in [2.45, 2.75) is 45.1 Å². The topological polar surface area (TPSA) is 43.1 Å². The fourth-order valence-corrected chi connectivity index (χ4v) is 2.90. The predicted octanol–water partition coefficient (Wildman–Crippen LogP) is 3.47.